The van der Waals surface area contributed by atoms with E-state index in [1.54, 1.807) is 0 Å². The number of unbranched alkanes of at least 4 members (excludes halogenated alkanes) is 1. The van der Waals surface area contributed by atoms with Gasteiger partial charge in [-0.15, -0.1) is 0 Å². The van der Waals surface area contributed by atoms with E-state index in [1.807, 2.05) is 24.3 Å². The Bertz CT molecular complexity index is 557. The summed E-state index contributed by atoms with van der Waals surface area (Å²) in [6.45, 7) is 2.11. The average Bonchev–Trinajstić information content (AvgIpc) is 2.27. The van der Waals surface area contributed by atoms with Crippen LogP contribution in [0, 0.1) is 0 Å². The molecule has 0 fully saturated rings. The molecule has 0 saturated heterocycles. The highest BCUT2D eigenvalue weighted by Crippen LogP contribution is 2.19. The van der Waals surface area contributed by atoms with Crippen molar-refractivity contribution < 1.29 is 4.42 Å². The van der Waals surface area contributed by atoms with Crippen molar-refractivity contribution in [2.75, 3.05) is 0 Å². The molecular formula is C13H13BrO2. The molecule has 1 heterocycles. The van der Waals surface area contributed by atoms with Gasteiger partial charge in [-0.2, -0.15) is 0 Å². The van der Waals surface area contributed by atoms with Crippen molar-refractivity contribution >= 4 is 26.9 Å². The van der Waals surface area contributed by atoms with Crippen LogP contribution in [0.25, 0.3) is 11.0 Å². The van der Waals surface area contributed by atoms with Gasteiger partial charge in [-0.1, -0.05) is 29.3 Å². The second kappa shape index (κ2) is 4.83. The van der Waals surface area contributed by atoms with E-state index in [9.17, 15) is 4.79 Å². The highest BCUT2D eigenvalue weighted by atomic mass is 79.9. The standard InChI is InChI=1S/C13H13BrO2/c1-2-3-4-9-7-10-8-11(14)5-6-12(10)16-13(9)15/h5-8H,2-4H2,1H3. The molecule has 1 aromatic carbocycles. The van der Waals surface area contributed by atoms with Crippen LogP contribution in [0.1, 0.15) is 25.3 Å². The lowest BCUT2D eigenvalue weighted by atomic mass is 10.1. The lowest BCUT2D eigenvalue weighted by Gasteiger charge is -2.01. The highest BCUT2D eigenvalue weighted by molar-refractivity contribution is 9.10. The van der Waals surface area contributed by atoms with E-state index in [1.165, 1.54) is 0 Å². The van der Waals surface area contributed by atoms with Gasteiger partial charge in [0.25, 0.3) is 0 Å². The minimum atomic E-state index is -0.205. The first-order valence-electron chi connectivity index (χ1n) is 5.43. The first-order chi connectivity index (χ1) is 7.70. The Morgan fingerprint density at radius 2 is 2.12 bits per heavy atom. The van der Waals surface area contributed by atoms with Crippen molar-refractivity contribution in [3.05, 3.63) is 44.7 Å². The number of halogens is 1. The predicted octanol–water partition coefficient (Wildman–Crippen LogP) is 3.90. The summed E-state index contributed by atoms with van der Waals surface area (Å²) >= 11 is 3.41. The Morgan fingerprint density at radius 1 is 1.31 bits per heavy atom. The normalized spacial score (nSPS) is 10.9. The van der Waals surface area contributed by atoms with Gasteiger partial charge in [0.2, 0.25) is 0 Å². The van der Waals surface area contributed by atoms with Crippen LogP contribution in [0.2, 0.25) is 0 Å². The number of fused-ring (bicyclic) bond motifs is 1. The van der Waals surface area contributed by atoms with E-state index >= 15 is 0 Å². The molecule has 1 aromatic heterocycles. The molecule has 0 amide bonds. The van der Waals surface area contributed by atoms with Crippen LogP contribution >= 0.6 is 15.9 Å². The number of hydrogen-bond acceptors (Lipinski definition) is 2. The third kappa shape index (κ3) is 2.35. The van der Waals surface area contributed by atoms with Crippen LogP contribution in [0.15, 0.2) is 37.9 Å². The fourth-order valence-electron chi connectivity index (χ4n) is 1.68. The molecule has 3 heteroatoms. The third-order valence-corrected chi connectivity index (χ3v) is 3.06. The molecule has 0 bridgehead atoms. The minimum Gasteiger partial charge on any atom is -0.423 e. The van der Waals surface area contributed by atoms with Gasteiger partial charge in [0.15, 0.2) is 0 Å². The molecular weight excluding hydrogens is 268 g/mol. The van der Waals surface area contributed by atoms with Crippen molar-refractivity contribution in [1.29, 1.82) is 0 Å². The zero-order valence-corrected chi connectivity index (χ0v) is 10.7. The van der Waals surface area contributed by atoms with Gasteiger partial charge >= 0.3 is 5.63 Å². The van der Waals surface area contributed by atoms with Crippen molar-refractivity contribution in [3.8, 4) is 0 Å². The molecule has 0 atom stereocenters. The van der Waals surface area contributed by atoms with Gasteiger partial charge < -0.3 is 4.42 Å². The average molecular weight is 281 g/mol. The predicted molar refractivity (Wildman–Crippen MR) is 68.8 cm³/mol. The fourth-order valence-corrected chi connectivity index (χ4v) is 2.06. The second-order valence-electron chi connectivity index (χ2n) is 3.84. The van der Waals surface area contributed by atoms with Gasteiger partial charge in [-0.05, 0) is 37.1 Å². The summed E-state index contributed by atoms with van der Waals surface area (Å²) in [4.78, 5) is 11.6. The second-order valence-corrected chi connectivity index (χ2v) is 4.76. The molecule has 0 aliphatic rings. The first-order valence-corrected chi connectivity index (χ1v) is 6.22. The number of hydrogen-bond donors (Lipinski definition) is 0. The highest BCUT2D eigenvalue weighted by Gasteiger charge is 2.04. The molecule has 0 N–H and O–H groups in total. The van der Waals surface area contributed by atoms with Gasteiger partial charge in [0.05, 0.1) is 0 Å². The molecule has 16 heavy (non-hydrogen) atoms. The molecule has 0 aliphatic carbocycles. The van der Waals surface area contributed by atoms with Crippen LogP contribution in [0.4, 0.5) is 0 Å². The minimum absolute atomic E-state index is 0.205. The van der Waals surface area contributed by atoms with E-state index in [0.717, 1.165) is 34.7 Å². The monoisotopic (exact) mass is 280 g/mol. The summed E-state index contributed by atoms with van der Waals surface area (Å²) < 4.78 is 6.26. The van der Waals surface area contributed by atoms with Crippen LogP contribution in [-0.4, -0.2) is 0 Å². The first kappa shape index (κ1) is 11.4. The largest absolute Gasteiger partial charge is 0.423 e. The molecule has 2 rings (SSSR count). The molecule has 0 spiro atoms. The van der Waals surface area contributed by atoms with Crippen LogP contribution in [0.5, 0.6) is 0 Å². The Morgan fingerprint density at radius 3 is 2.88 bits per heavy atom. The number of aryl methyl sites for hydroxylation is 1. The van der Waals surface area contributed by atoms with Crippen LogP contribution < -0.4 is 5.63 Å². The van der Waals surface area contributed by atoms with Gasteiger partial charge in [-0.25, -0.2) is 4.79 Å². The van der Waals surface area contributed by atoms with Gasteiger partial charge in [0.1, 0.15) is 5.58 Å². The molecule has 0 saturated carbocycles. The molecule has 84 valence electrons. The maximum Gasteiger partial charge on any atom is 0.339 e. The third-order valence-electron chi connectivity index (χ3n) is 2.57. The quantitative estimate of drug-likeness (QED) is 0.799. The van der Waals surface area contributed by atoms with E-state index in [0.29, 0.717) is 5.58 Å². The molecule has 0 unspecified atom stereocenters. The van der Waals surface area contributed by atoms with Crippen LogP contribution in [0.3, 0.4) is 0 Å². The van der Waals surface area contributed by atoms with Crippen molar-refractivity contribution in [3.63, 3.8) is 0 Å². The zero-order chi connectivity index (χ0) is 11.5. The van der Waals surface area contributed by atoms with E-state index in [4.69, 9.17) is 4.42 Å². The summed E-state index contributed by atoms with van der Waals surface area (Å²) in [7, 11) is 0. The number of rotatable bonds is 3. The summed E-state index contributed by atoms with van der Waals surface area (Å²) in [5, 5.41) is 0.972. The van der Waals surface area contributed by atoms with Crippen LogP contribution in [-0.2, 0) is 6.42 Å². The van der Waals surface area contributed by atoms with E-state index < -0.39 is 0 Å². The van der Waals surface area contributed by atoms with Crippen molar-refractivity contribution in [2.45, 2.75) is 26.2 Å². The summed E-state index contributed by atoms with van der Waals surface area (Å²) in [5.74, 6) is 0. The Hall–Kier alpha value is -1.09. The van der Waals surface area contributed by atoms with Gasteiger partial charge in [0, 0.05) is 15.4 Å². The SMILES string of the molecule is CCCCc1cc2cc(Br)ccc2oc1=O. The fraction of sp³-hybridized carbons (Fsp3) is 0.308. The van der Waals surface area contributed by atoms with E-state index in [2.05, 4.69) is 22.9 Å². The smallest absolute Gasteiger partial charge is 0.339 e. The topological polar surface area (TPSA) is 30.2 Å². The summed E-state index contributed by atoms with van der Waals surface area (Å²) in [5.41, 5.74) is 1.21. The van der Waals surface area contributed by atoms with Gasteiger partial charge in [-0.3, -0.25) is 0 Å². The zero-order valence-electron chi connectivity index (χ0n) is 9.13. The summed E-state index contributed by atoms with van der Waals surface area (Å²) in [6, 6.07) is 7.58. The molecule has 2 nitrogen and oxygen atoms in total. The van der Waals surface area contributed by atoms with Crippen molar-refractivity contribution in [1.82, 2.24) is 0 Å². The van der Waals surface area contributed by atoms with Crippen molar-refractivity contribution in [2.24, 2.45) is 0 Å². The molecule has 0 aliphatic heterocycles. The molecule has 0 radical (unpaired) electrons. The maximum absolute atomic E-state index is 11.6. The number of benzene rings is 1. The Kier molecular flexibility index (Phi) is 3.44. The summed E-state index contributed by atoms with van der Waals surface area (Å²) in [6.07, 6.45) is 2.89. The lowest BCUT2D eigenvalue weighted by Crippen LogP contribution is -2.06. The maximum atomic E-state index is 11.6. The lowest BCUT2D eigenvalue weighted by molar-refractivity contribution is 0.547. The Balaban J connectivity index is 2.51. The van der Waals surface area contributed by atoms with E-state index in [-0.39, 0.29) is 5.63 Å². The molecule has 2 aromatic rings. The Labute approximate surface area is 102 Å².